The predicted molar refractivity (Wildman–Crippen MR) is 183 cm³/mol. The molecular formula is C38H72O6. The topological polar surface area (TPSA) is 78.9 Å². The van der Waals surface area contributed by atoms with E-state index in [2.05, 4.69) is 27.7 Å². The molecule has 0 saturated heterocycles. The first-order valence-electron chi connectivity index (χ1n) is 18.9. The van der Waals surface area contributed by atoms with Crippen LogP contribution in [-0.4, -0.2) is 37.2 Å². The fourth-order valence-electron chi connectivity index (χ4n) is 5.36. The van der Waals surface area contributed by atoms with Gasteiger partial charge in [0.25, 0.3) is 0 Å². The molecule has 260 valence electrons. The third-order valence-corrected chi connectivity index (χ3v) is 8.65. The number of hydrogen-bond acceptors (Lipinski definition) is 6. The molecule has 0 spiro atoms. The third kappa shape index (κ3) is 30.4. The molecule has 0 heterocycles. The summed E-state index contributed by atoms with van der Waals surface area (Å²) in [6.45, 7) is 8.87. The van der Waals surface area contributed by atoms with Crippen molar-refractivity contribution in [2.45, 2.75) is 207 Å². The van der Waals surface area contributed by atoms with E-state index in [1.54, 1.807) is 0 Å². The molecule has 0 rings (SSSR count). The lowest BCUT2D eigenvalue weighted by Gasteiger charge is -2.18. The largest absolute Gasteiger partial charge is 0.462 e. The number of hydrogen-bond donors (Lipinski definition) is 0. The summed E-state index contributed by atoms with van der Waals surface area (Å²) in [7, 11) is 0. The number of ether oxygens (including phenoxy) is 3. The summed E-state index contributed by atoms with van der Waals surface area (Å²) in [5.74, 6) is -0.0629. The average Bonchev–Trinajstić information content (AvgIpc) is 3.02. The first-order chi connectivity index (χ1) is 21.4. The van der Waals surface area contributed by atoms with Gasteiger partial charge in [-0.3, -0.25) is 14.4 Å². The summed E-state index contributed by atoms with van der Waals surface area (Å²) >= 11 is 0. The van der Waals surface area contributed by atoms with Gasteiger partial charge in [-0.25, -0.2) is 0 Å². The van der Waals surface area contributed by atoms with Crippen LogP contribution in [0.5, 0.6) is 0 Å². The molecule has 0 N–H and O–H groups in total. The number of unbranched alkanes of at least 4 members (excludes halogenated alkanes) is 19. The zero-order valence-electron chi connectivity index (χ0n) is 29.6. The third-order valence-electron chi connectivity index (χ3n) is 8.65. The van der Waals surface area contributed by atoms with Gasteiger partial charge >= 0.3 is 17.9 Å². The minimum absolute atomic E-state index is 0.0667. The van der Waals surface area contributed by atoms with Gasteiger partial charge in [0, 0.05) is 19.3 Å². The van der Waals surface area contributed by atoms with Crippen LogP contribution >= 0.6 is 0 Å². The van der Waals surface area contributed by atoms with Gasteiger partial charge in [-0.15, -0.1) is 0 Å². The minimum Gasteiger partial charge on any atom is -0.462 e. The van der Waals surface area contributed by atoms with E-state index in [-0.39, 0.29) is 31.1 Å². The Bertz CT molecular complexity index is 664. The zero-order chi connectivity index (χ0) is 32.5. The fraction of sp³-hybridized carbons (Fsp3) is 0.921. The lowest BCUT2D eigenvalue weighted by molar-refractivity contribution is -0.167. The molecule has 0 aliphatic carbocycles. The van der Waals surface area contributed by atoms with Gasteiger partial charge in [0.2, 0.25) is 0 Å². The Labute approximate surface area is 272 Å². The van der Waals surface area contributed by atoms with Crippen molar-refractivity contribution in [3.8, 4) is 0 Å². The minimum atomic E-state index is -0.756. The van der Waals surface area contributed by atoms with Gasteiger partial charge in [0.15, 0.2) is 6.10 Å². The highest BCUT2D eigenvalue weighted by Gasteiger charge is 2.19. The Balaban J connectivity index is 4.36. The molecule has 6 heteroatoms. The quantitative estimate of drug-likeness (QED) is 0.0410. The van der Waals surface area contributed by atoms with Crippen molar-refractivity contribution >= 4 is 17.9 Å². The maximum absolute atomic E-state index is 12.5. The van der Waals surface area contributed by atoms with Crippen LogP contribution in [0.4, 0.5) is 0 Å². The Morgan fingerprint density at radius 3 is 1.18 bits per heavy atom. The van der Waals surface area contributed by atoms with Crippen LogP contribution in [-0.2, 0) is 28.6 Å². The van der Waals surface area contributed by atoms with Gasteiger partial charge in [0.05, 0.1) is 0 Å². The summed E-state index contributed by atoms with van der Waals surface area (Å²) in [4.78, 5) is 37.2. The molecule has 44 heavy (non-hydrogen) atoms. The summed E-state index contributed by atoms with van der Waals surface area (Å²) in [5.41, 5.74) is 0. The first kappa shape index (κ1) is 42.4. The van der Waals surface area contributed by atoms with Crippen LogP contribution in [0.2, 0.25) is 0 Å². The molecule has 0 radical (unpaired) electrons. The molecule has 1 unspecified atom stereocenters. The maximum atomic E-state index is 12.5. The second-order valence-electron chi connectivity index (χ2n) is 13.1. The van der Waals surface area contributed by atoms with E-state index >= 15 is 0 Å². The van der Waals surface area contributed by atoms with Crippen molar-refractivity contribution in [2.24, 2.45) is 5.92 Å². The molecule has 0 saturated carbocycles. The summed E-state index contributed by atoms with van der Waals surface area (Å²) in [6.07, 6.45) is 28.1. The van der Waals surface area contributed by atoms with Crippen LogP contribution in [0.1, 0.15) is 201 Å². The van der Waals surface area contributed by atoms with E-state index in [1.807, 2.05) is 0 Å². The molecule has 0 aliphatic heterocycles. The fourth-order valence-corrected chi connectivity index (χ4v) is 5.36. The van der Waals surface area contributed by atoms with Crippen LogP contribution in [0.25, 0.3) is 0 Å². The van der Waals surface area contributed by atoms with Gasteiger partial charge in [0.1, 0.15) is 13.2 Å². The van der Waals surface area contributed by atoms with Crippen LogP contribution in [0, 0.1) is 5.92 Å². The van der Waals surface area contributed by atoms with E-state index in [0.29, 0.717) is 19.3 Å². The first-order valence-corrected chi connectivity index (χ1v) is 18.9. The molecule has 0 fully saturated rings. The van der Waals surface area contributed by atoms with Gasteiger partial charge in [-0.05, 0) is 25.2 Å². The van der Waals surface area contributed by atoms with Crippen LogP contribution in [0.3, 0.4) is 0 Å². The van der Waals surface area contributed by atoms with Crippen molar-refractivity contribution in [1.29, 1.82) is 0 Å². The highest BCUT2D eigenvalue weighted by molar-refractivity contribution is 5.71. The number of carbonyl (C=O) groups is 3. The SMILES string of the molecule is CCCCCCCCCCCC(=O)O[C@@H](COC(=O)CCCCCCCCC)COC(=O)CCCCCCCCC(C)CC. The van der Waals surface area contributed by atoms with E-state index < -0.39 is 6.10 Å². The zero-order valence-corrected chi connectivity index (χ0v) is 29.6. The number of rotatable bonds is 33. The maximum Gasteiger partial charge on any atom is 0.306 e. The molecular weight excluding hydrogens is 552 g/mol. The predicted octanol–water partition coefficient (Wildman–Crippen LogP) is 11.2. The van der Waals surface area contributed by atoms with Crippen molar-refractivity contribution in [1.82, 2.24) is 0 Å². The van der Waals surface area contributed by atoms with E-state index in [4.69, 9.17) is 14.2 Å². The normalized spacial score (nSPS) is 12.5. The van der Waals surface area contributed by atoms with E-state index in [9.17, 15) is 14.4 Å². The molecule has 0 bridgehead atoms. The molecule has 0 amide bonds. The number of carbonyl (C=O) groups excluding carboxylic acids is 3. The Morgan fingerprint density at radius 2 is 0.795 bits per heavy atom. The van der Waals surface area contributed by atoms with Crippen molar-refractivity contribution < 1.29 is 28.6 Å². The van der Waals surface area contributed by atoms with Gasteiger partial charge < -0.3 is 14.2 Å². The van der Waals surface area contributed by atoms with E-state index in [1.165, 1.54) is 96.3 Å². The second-order valence-corrected chi connectivity index (χ2v) is 13.1. The number of esters is 3. The Morgan fingerprint density at radius 1 is 0.455 bits per heavy atom. The summed E-state index contributed by atoms with van der Waals surface area (Å²) in [5, 5.41) is 0. The Kier molecular flexibility index (Phi) is 31.6. The standard InChI is InChI=1S/C38H72O6/c1-5-8-10-12-14-15-17-23-27-31-38(41)44-35(32-42-36(39)29-25-21-16-13-11-9-6-2)33-43-37(40)30-26-22-19-18-20-24-28-34(4)7-3/h34-35H,5-33H2,1-4H3/t34?,35-/m0/s1. The average molecular weight is 625 g/mol. The van der Waals surface area contributed by atoms with Crippen LogP contribution < -0.4 is 0 Å². The summed E-state index contributed by atoms with van der Waals surface area (Å²) < 4.78 is 16.5. The molecule has 6 nitrogen and oxygen atoms in total. The van der Waals surface area contributed by atoms with Crippen LogP contribution in [0.15, 0.2) is 0 Å². The van der Waals surface area contributed by atoms with Gasteiger partial charge in [-0.1, -0.05) is 163 Å². The molecule has 0 aromatic rings. The molecule has 0 aliphatic rings. The highest BCUT2D eigenvalue weighted by Crippen LogP contribution is 2.15. The molecule has 2 atom stereocenters. The lowest BCUT2D eigenvalue weighted by atomic mass is 10.00. The summed E-state index contributed by atoms with van der Waals surface area (Å²) in [6, 6.07) is 0. The molecule has 0 aromatic heterocycles. The van der Waals surface area contributed by atoms with Crippen molar-refractivity contribution in [2.75, 3.05) is 13.2 Å². The smallest absolute Gasteiger partial charge is 0.306 e. The van der Waals surface area contributed by atoms with Crippen molar-refractivity contribution in [3.63, 3.8) is 0 Å². The molecule has 0 aromatic carbocycles. The van der Waals surface area contributed by atoms with Crippen molar-refractivity contribution in [3.05, 3.63) is 0 Å². The highest BCUT2D eigenvalue weighted by atomic mass is 16.6. The monoisotopic (exact) mass is 625 g/mol. The van der Waals surface area contributed by atoms with Gasteiger partial charge in [-0.2, -0.15) is 0 Å². The Hall–Kier alpha value is -1.59. The lowest BCUT2D eigenvalue weighted by Crippen LogP contribution is -2.30. The van der Waals surface area contributed by atoms with E-state index in [0.717, 1.165) is 63.7 Å². The second kappa shape index (κ2) is 32.8.